The molecule has 1 amide bonds. The maximum absolute atomic E-state index is 12.6. The molecule has 2 aromatic heterocycles. The molecule has 0 aromatic carbocycles. The van der Waals surface area contributed by atoms with E-state index in [1.54, 1.807) is 25.5 Å². The quantitative estimate of drug-likeness (QED) is 0.558. The molecule has 0 radical (unpaired) electrons. The van der Waals surface area contributed by atoms with E-state index in [1.807, 2.05) is 0 Å². The Labute approximate surface area is 162 Å². The van der Waals surface area contributed by atoms with Crippen LogP contribution >= 0.6 is 11.8 Å². The second-order valence-corrected chi connectivity index (χ2v) is 7.83. The first-order chi connectivity index (χ1) is 12.6. The molecule has 0 saturated carbocycles. The summed E-state index contributed by atoms with van der Waals surface area (Å²) in [4.78, 5) is 41.5. The van der Waals surface area contributed by atoms with Gasteiger partial charge in [-0.1, -0.05) is 31.0 Å². The molecule has 2 aromatic rings. The third kappa shape index (κ3) is 4.27. The van der Waals surface area contributed by atoms with E-state index in [-0.39, 0.29) is 17.2 Å². The fraction of sp³-hybridized carbons (Fsp3) is 0.556. The molecule has 8 nitrogen and oxygen atoms in total. The van der Waals surface area contributed by atoms with Crippen molar-refractivity contribution in [2.24, 2.45) is 14.1 Å². The molecule has 0 saturated heterocycles. The minimum absolute atomic E-state index is 0.106. The van der Waals surface area contributed by atoms with Crippen LogP contribution in [0.4, 0.5) is 0 Å². The van der Waals surface area contributed by atoms with Gasteiger partial charge in [0.15, 0.2) is 16.3 Å². The summed E-state index contributed by atoms with van der Waals surface area (Å²) in [5.74, 6) is 2.40. The fourth-order valence-corrected chi connectivity index (χ4v) is 3.43. The molecular formula is C18H25N5O3S. The van der Waals surface area contributed by atoms with Crippen molar-refractivity contribution in [2.75, 3.05) is 5.75 Å². The molecule has 0 aliphatic carbocycles. The van der Waals surface area contributed by atoms with Crippen molar-refractivity contribution in [2.45, 2.75) is 50.9 Å². The first-order valence-corrected chi connectivity index (χ1v) is 9.69. The average molecular weight is 391 g/mol. The van der Waals surface area contributed by atoms with Gasteiger partial charge in [-0.15, -0.1) is 6.42 Å². The molecule has 0 fully saturated rings. The predicted molar refractivity (Wildman–Crippen MR) is 107 cm³/mol. The van der Waals surface area contributed by atoms with Crippen LogP contribution in [0.15, 0.2) is 14.7 Å². The number of aryl methyl sites for hydroxylation is 2. The number of nitrogens with zero attached hydrogens (tertiary/aromatic N) is 4. The second kappa shape index (κ2) is 8.05. The van der Waals surface area contributed by atoms with Crippen molar-refractivity contribution in [3.63, 3.8) is 0 Å². The molecule has 0 atom stereocenters. The Morgan fingerprint density at radius 2 is 1.96 bits per heavy atom. The van der Waals surface area contributed by atoms with Gasteiger partial charge in [-0.2, -0.15) is 0 Å². The molecular weight excluding hydrogens is 366 g/mol. The molecule has 146 valence electrons. The second-order valence-electron chi connectivity index (χ2n) is 6.88. The lowest BCUT2D eigenvalue weighted by Crippen LogP contribution is -2.43. The molecule has 0 aliphatic rings. The third-order valence-corrected chi connectivity index (χ3v) is 5.17. The lowest BCUT2D eigenvalue weighted by molar-refractivity contribution is -0.119. The monoisotopic (exact) mass is 391 g/mol. The number of rotatable bonds is 7. The molecule has 0 unspecified atom stereocenters. The van der Waals surface area contributed by atoms with Crippen molar-refractivity contribution in [3.05, 3.63) is 20.8 Å². The number of unbranched alkanes of at least 4 members (excludes halogenated alkanes) is 1. The number of terminal acetylenes is 1. The summed E-state index contributed by atoms with van der Waals surface area (Å²) in [7, 11) is 3.03. The first kappa shape index (κ1) is 20.8. The minimum Gasteiger partial charge on any atom is -0.340 e. The largest absolute Gasteiger partial charge is 0.340 e. The van der Waals surface area contributed by atoms with Gasteiger partial charge in [0.25, 0.3) is 5.56 Å². The van der Waals surface area contributed by atoms with Gasteiger partial charge in [-0.05, 0) is 20.3 Å². The van der Waals surface area contributed by atoms with E-state index in [0.717, 1.165) is 17.4 Å². The highest BCUT2D eigenvalue weighted by Crippen LogP contribution is 2.22. The molecule has 27 heavy (non-hydrogen) atoms. The van der Waals surface area contributed by atoms with Crippen molar-refractivity contribution in [3.8, 4) is 12.3 Å². The van der Waals surface area contributed by atoms with Gasteiger partial charge in [0, 0.05) is 20.6 Å². The number of fused-ring (bicyclic) bond motifs is 1. The van der Waals surface area contributed by atoms with Crippen LogP contribution in [0, 0.1) is 12.3 Å². The summed E-state index contributed by atoms with van der Waals surface area (Å²) < 4.78 is 4.22. The number of thioether (sulfide) groups is 1. The Morgan fingerprint density at radius 3 is 2.56 bits per heavy atom. The maximum Gasteiger partial charge on any atom is 0.332 e. The lowest BCUT2D eigenvalue weighted by Gasteiger charge is -2.19. The average Bonchev–Trinajstić information content (AvgIpc) is 2.99. The summed E-state index contributed by atoms with van der Waals surface area (Å²) in [6.45, 7) is 6.12. The van der Waals surface area contributed by atoms with E-state index in [2.05, 4.69) is 23.1 Å². The van der Waals surface area contributed by atoms with Gasteiger partial charge in [-0.3, -0.25) is 18.7 Å². The van der Waals surface area contributed by atoms with Gasteiger partial charge < -0.3 is 9.88 Å². The van der Waals surface area contributed by atoms with Crippen LogP contribution in [-0.2, 0) is 25.4 Å². The molecule has 1 N–H and O–H groups in total. The maximum atomic E-state index is 12.6. The van der Waals surface area contributed by atoms with Gasteiger partial charge in [-0.25, -0.2) is 9.78 Å². The number of carbonyl (C=O) groups excluding carboxylic acids is 1. The third-order valence-electron chi connectivity index (χ3n) is 4.19. The molecule has 2 heterocycles. The Morgan fingerprint density at radius 1 is 1.30 bits per heavy atom. The van der Waals surface area contributed by atoms with Crippen molar-refractivity contribution < 1.29 is 4.79 Å². The number of amides is 1. The number of aromatic nitrogens is 4. The van der Waals surface area contributed by atoms with E-state index in [4.69, 9.17) is 6.42 Å². The molecule has 0 bridgehead atoms. The van der Waals surface area contributed by atoms with E-state index in [1.165, 1.54) is 23.4 Å². The number of carbonyl (C=O) groups is 1. The zero-order valence-electron chi connectivity index (χ0n) is 16.3. The normalized spacial score (nSPS) is 11.6. The van der Waals surface area contributed by atoms with Gasteiger partial charge >= 0.3 is 5.69 Å². The summed E-state index contributed by atoms with van der Waals surface area (Å²) in [6.07, 6.45) is 7.18. The Balaban J connectivity index is 2.44. The van der Waals surface area contributed by atoms with Crippen LogP contribution < -0.4 is 16.6 Å². The molecule has 0 spiro atoms. The van der Waals surface area contributed by atoms with E-state index >= 15 is 0 Å². The Hall–Kier alpha value is -2.47. The van der Waals surface area contributed by atoms with Gasteiger partial charge in [0.05, 0.1) is 11.3 Å². The van der Waals surface area contributed by atoms with Crippen molar-refractivity contribution in [1.82, 2.24) is 24.0 Å². The lowest BCUT2D eigenvalue weighted by atomic mass is 10.1. The van der Waals surface area contributed by atoms with Crippen molar-refractivity contribution in [1.29, 1.82) is 0 Å². The minimum atomic E-state index is -0.736. The summed E-state index contributed by atoms with van der Waals surface area (Å²) in [6, 6.07) is 0. The van der Waals surface area contributed by atoms with Crippen LogP contribution in [-0.4, -0.2) is 35.9 Å². The number of hydrogen-bond donors (Lipinski definition) is 1. The summed E-state index contributed by atoms with van der Waals surface area (Å²) >= 11 is 1.22. The van der Waals surface area contributed by atoms with E-state index < -0.39 is 11.2 Å². The van der Waals surface area contributed by atoms with Crippen LogP contribution in [0.25, 0.3) is 11.2 Å². The number of nitrogens with one attached hydrogen (secondary N) is 1. The molecule has 9 heteroatoms. The standard InChI is InChI=1S/C18H25N5O3S/c1-7-9-10-23-13-14(21(5)17(26)22(6)15(13)25)19-16(23)27-11-12(24)20-18(3,4)8-2/h2H,7,9-11H2,1,3-6H3,(H,20,24). The zero-order valence-corrected chi connectivity index (χ0v) is 17.1. The van der Waals surface area contributed by atoms with Crippen LogP contribution in [0.3, 0.4) is 0 Å². The number of hydrogen-bond acceptors (Lipinski definition) is 5. The topological polar surface area (TPSA) is 90.9 Å². The smallest absolute Gasteiger partial charge is 0.332 e. The summed E-state index contributed by atoms with van der Waals surface area (Å²) in [5.41, 5.74) is -0.857. The van der Waals surface area contributed by atoms with Crippen LogP contribution in [0.5, 0.6) is 0 Å². The highest BCUT2D eigenvalue weighted by molar-refractivity contribution is 7.99. The fourth-order valence-electron chi connectivity index (χ4n) is 2.61. The van der Waals surface area contributed by atoms with Crippen LogP contribution in [0.1, 0.15) is 33.6 Å². The highest BCUT2D eigenvalue weighted by Gasteiger charge is 2.21. The SMILES string of the molecule is C#CC(C)(C)NC(=O)CSc1nc2c(c(=O)n(C)c(=O)n2C)n1CCCC. The van der Waals surface area contributed by atoms with Gasteiger partial charge in [0.2, 0.25) is 5.91 Å². The van der Waals surface area contributed by atoms with Crippen LogP contribution in [0.2, 0.25) is 0 Å². The highest BCUT2D eigenvalue weighted by atomic mass is 32.2. The van der Waals surface area contributed by atoms with E-state index in [9.17, 15) is 14.4 Å². The molecule has 2 rings (SSSR count). The number of imidazole rings is 1. The zero-order chi connectivity index (χ0) is 20.4. The predicted octanol–water partition coefficient (Wildman–Crippen LogP) is 0.854. The first-order valence-electron chi connectivity index (χ1n) is 8.70. The van der Waals surface area contributed by atoms with Crippen molar-refractivity contribution >= 4 is 28.8 Å². The van der Waals surface area contributed by atoms with Gasteiger partial charge in [0.1, 0.15) is 0 Å². The van der Waals surface area contributed by atoms with E-state index in [0.29, 0.717) is 22.9 Å². The Kier molecular flexibility index (Phi) is 6.21. The molecule has 0 aliphatic heterocycles. The summed E-state index contributed by atoms with van der Waals surface area (Å²) in [5, 5.41) is 3.29. The Bertz CT molecular complexity index is 1020.